The van der Waals surface area contributed by atoms with Crippen LogP contribution in [-0.4, -0.2) is 0 Å². The van der Waals surface area contributed by atoms with E-state index in [4.69, 9.17) is 17.2 Å². The molecule has 0 aliphatic carbocycles. The molecule has 3 aromatic rings. The predicted molar refractivity (Wildman–Crippen MR) is 146 cm³/mol. The van der Waals surface area contributed by atoms with Crippen molar-refractivity contribution in [2.45, 2.75) is 56.2 Å². The normalized spacial score (nSPS) is 8.50. The lowest BCUT2D eigenvalue weighted by Crippen LogP contribution is -1.87. The van der Waals surface area contributed by atoms with Gasteiger partial charge in [-0.25, -0.2) is 0 Å². The van der Waals surface area contributed by atoms with Gasteiger partial charge in [-0.1, -0.05) is 99.5 Å². The predicted octanol–water partition coefficient (Wildman–Crippen LogP) is 8.29. The van der Waals surface area contributed by atoms with Crippen molar-refractivity contribution in [3.63, 3.8) is 0 Å². The average molecular weight is 464 g/mol. The Balaban J connectivity index is 0. The lowest BCUT2D eigenvalue weighted by Gasteiger charge is -2.05. The molecule has 0 aliphatic heterocycles. The summed E-state index contributed by atoms with van der Waals surface area (Å²) in [6, 6.07) is 23.1. The maximum Gasteiger partial charge on any atom is 0.0461 e. The van der Waals surface area contributed by atoms with Gasteiger partial charge in [-0.05, 0) is 36.4 Å². The van der Waals surface area contributed by atoms with Crippen molar-refractivity contribution in [3.05, 3.63) is 72.8 Å². The zero-order chi connectivity index (χ0) is 23.4. The molecule has 0 heterocycles. The monoisotopic (exact) mass is 463 g/mol. The van der Waals surface area contributed by atoms with Crippen LogP contribution in [0.1, 0.15) is 41.5 Å². The molecule has 6 heteroatoms. The molecule has 3 rings (SSSR count). The highest BCUT2D eigenvalue weighted by molar-refractivity contribution is 8.76. The average Bonchev–Trinajstić information content (AvgIpc) is 2.81. The van der Waals surface area contributed by atoms with Crippen LogP contribution in [0, 0.1) is 0 Å². The van der Waals surface area contributed by atoms with Crippen LogP contribution in [0.15, 0.2) is 87.5 Å². The highest BCUT2D eigenvalue weighted by Crippen LogP contribution is 2.41. The highest BCUT2D eigenvalue weighted by atomic mass is 33.1. The number of hydrogen-bond donors (Lipinski definition) is 4. The Labute approximate surface area is 197 Å². The summed E-state index contributed by atoms with van der Waals surface area (Å²) in [5.74, 6) is 0. The van der Waals surface area contributed by atoms with Crippen molar-refractivity contribution in [1.29, 1.82) is 0 Å². The summed E-state index contributed by atoms with van der Waals surface area (Å²) in [5, 5.41) is 0. The van der Waals surface area contributed by atoms with E-state index < -0.39 is 0 Å². The van der Waals surface area contributed by atoms with Gasteiger partial charge >= 0.3 is 0 Å². The van der Waals surface area contributed by atoms with Crippen LogP contribution in [0.3, 0.4) is 0 Å². The van der Waals surface area contributed by atoms with Crippen molar-refractivity contribution in [1.82, 2.24) is 0 Å². The molecular formula is C24H37N3S3. The summed E-state index contributed by atoms with van der Waals surface area (Å²) >= 11 is 4.07. The van der Waals surface area contributed by atoms with Crippen LogP contribution in [0.5, 0.6) is 0 Å². The standard InChI is InChI=1S/C12H12N2S2.C6H7NS.3C2H6/c13-9-5-1-3-7-11(9)15-16-12-8-4-2-6-10(12)14;7-5-3-1-2-4-6(5)8;3*1-2/h1-8H,13-14H2;1-4,8H,7H2;3*1-2H3. The molecule has 3 aromatic carbocycles. The van der Waals surface area contributed by atoms with Gasteiger partial charge in [0.2, 0.25) is 0 Å². The Morgan fingerprint density at radius 3 is 1.07 bits per heavy atom. The van der Waals surface area contributed by atoms with Crippen LogP contribution in [0.2, 0.25) is 0 Å². The minimum Gasteiger partial charge on any atom is -0.398 e. The van der Waals surface area contributed by atoms with Gasteiger partial charge in [0.1, 0.15) is 0 Å². The Hall–Kier alpha value is -1.89. The molecule has 0 radical (unpaired) electrons. The number of nitrogen functional groups attached to an aromatic ring is 3. The third kappa shape index (κ3) is 12.6. The van der Waals surface area contributed by atoms with Crippen LogP contribution < -0.4 is 17.2 Å². The van der Waals surface area contributed by atoms with Gasteiger partial charge in [-0.15, -0.1) is 12.6 Å². The number of para-hydroxylation sites is 3. The minimum absolute atomic E-state index is 0.732. The number of nitrogens with two attached hydrogens (primary N) is 3. The molecule has 166 valence electrons. The van der Waals surface area contributed by atoms with Crippen molar-refractivity contribution in [3.8, 4) is 0 Å². The van der Waals surface area contributed by atoms with E-state index in [2.05, 4.69) is 12.6 Å². The van der Waals surface area contributed by atoms with Gasteiger partial charge in [-0.3, -0.25) is 0 Å². The van der Waals surface area contributed by atoms with E-state index in [1.807, 2.05) is 114 Å². The van der Waals surface area contributed by atoms with E-state index in [0.29, 0.717) is 0 Å². The molecule has 6 N–H and O–H groups in total. The van der Waals surface area contributed by atoms with Crippen molar-refractivity contribution in [2.24, 2.45) is 0 Å². The third-order valence-electron chi connectivity index (χ3n) is 3.00. The van der Waals surface area contributed by atoms with E-state index in [9.17, 15) is 0 Å². The molecule has 30 heavy (non-hydrogen) atoms. The zero-order valence-corrected chi connectivity index (χ0v) is 21.5. The van der Waals surface area contributed by atoms with Crippen molar-refractivity contribution in [2.75, 3.05) is 17.2 Å². The first-order valence-electron chi connectivity index (χ1n) is 10.1. The summed E-state index contributed by atoms with van der Waals surface area (Å²) in [5.41, 5.74) is 19.5. The fourth-order valence-electron chi connectivity index (χ4n) is 1.69. The van der Waals surface area contributed by atoms with E-state index >= 15 is 0 Å². The summed E-state index contributed by atoms with van der Waals surface area (Å²) in [6.45, 7) is 12.0. The lowest BCUT2D eigenvalue weighted by molar-refractivity contribution is 1.46. The Kier molecular flexibility index (Phi) is 20.6. The first kappa shape index (κ1) is 30.3. The van der Waals surface area contributed by atoms with Gasteiger partial charge in [-0.2, -0.15) is 0 Å². The lowest BCUT2D eigenvalue weighted by atomic mass is 10.3. The number of thiol groups is 1. The smallest absolute Gasteiger partial charge is 0.0461 e. The van der Waals surface area contributed by atoms with E-state index in [1.165, 1.54) is 0 Å². The first-order chi connectivity index (χ1) is 14.6. The minimum atomic E-state index is 0.732. The second kappa shape index (κ2) is 20.4. The zero-order valence-electron chi connectivity index (χ0n) is 18.9. The van der Waals surface area contributed by atoms with Gasteiger partial charge in [0.05, 0.1) is 0 Å². The maximum atomic E-state index is 5.86. The quantitative estimate of drug-likeness (QED) is 0.178. The fraction of sp³-hybridized carbons (Fsp3) is 0.250. The van der Waals surface area contributed by atoms with E-state index in [1.54, 1.807) is 21.6 Å². The number of rotatable bonds is 3. The molecule has 0 atom stereocenters. The summed E-state index contributed by atoms with van der Waals surface area (Å²) in [6.07, 6.45) is 0. The van der Waals surface area contributed by atoms with Crippen LogP contribution >= 0.6 is 34.2 Å². The molecule has 0 spiro atoms. The molecule has 0 amide bonds. The highest BCUT2D eigenvalue weighted by Gasteiger charge is 2.02. The van der Waals surface area contributed by atoms with E-state index in [0.717, 1.165) is 31.7 Å². The van der Waals surface area contributed by atoms with Crippen LogP contribution in [0.4, 0.5) is 17.1 Å². The fourth-order valence-corrected chi connectivity index (χ4v) is 4.08. The second-order valence-corrected chi connectivity index (χ2v) is 7.50. The van der Waals surface area contributed by atoms with Gasteiger partial charge < -0.3 is 17.2 Å². The topological polar surface area (TPSA) is 78.1 Å². The number of benzene rings is 3. The molecule has 0 aromatic heterocycles. The molecule has 0 bridgehead atoms. The molecule has 0 fully saturated rings. The summed E-state index contributed by atoms with van der Waals surface area (Å²) in [7, 11) is 3.25. The Bertz CT molecular complexity index is 729. The third-order valence-corrected chi connectivity index (χ3v) is 5.92. The van der Waals surface area contributed by atoms with Gasteiger partial charge in [0.25, 0.3) is 0 Å². The first-order valence-corrected chi connectivity index (χ1v) is 12.7. The largest absolute Gasteiger partial charge is 0.398 e. The van der Waals surface area contributed by atoms with Crippen molar-refractivity contribution >= 4 is 51.3 Å². The number of anilines is 3. The maximum absolute atomic E-state index is 5.86. The second-order valence-electron chi connectivity index (χ2n) is 4.80. The number of hydrogen-bond acceptors (Lipinski definition) is 6. The molecular weight excluding hydrogens is 426 g/mol. The Morgan fingerprint density at radius 2 is 0.800 bits per heavy atom. The molecule has 3 nitrogen and oxygen atoms in total. The molecule has 0 aliphatic rings. The van der Waals surface area contributed by atoms with Gasteiger partial charge in [0, 0.05) is 31.7 Å². The van der Waals surface area contributed by atoms with E-state index in [-0.39, 0.29) is 0 Å². The summed E-state index contributed by atoms with van der Waals surface area (Å²) in [4.78, 5) is 2.97. The van der Waals surface area contributed by atoms with Gasteiger partial charge in [0.15, 0.2) is 0 Å². The molecule has 0 unspecified atom stereocenters. The Morgan fingerprint density at radius 1 is 0.500 bits per heavy atom. The van der Waals surface area contributed by atoms with Crippen LogP contribution in [-0.2, 0) is 0 Å². The SMILES string of the molecule is CC.CC.CC.Nc1ccccc1S.Nc1ccccc1SSc1ccccc1N. The molecule has 0 saturated heterocycles. The summed E-state index contributed by atoms with van der Waals surface area (Å²) < 4.78 is 0. The molecule has 0 saturated carbocycles. The van der Waals surface area contributed by atoms with Crippen molar-refractivity contribution < 1.29 is 0 Å². The van der Waals surface area contributed by atoms with Crippen LogP contribution in [0.25, 0.3) is 0 Å².